The molecule has 1 heterocycles. The van der Waals surface area contributed by atoms with Crippen LogP contribution in [0.3, 0.4) is 0 Å². The molecule has 0 aliphatic heterocycles. The predicted octanol–water partition coefficient (Wildman–Crippen LogP) is 3.02. The Morgan fingerprint density at radius 2 is 1.35 bits per heavy atom. The lowest BCUT2D eigenvalue weighted by atomic mass is 10.1. The van der Waals surface area contributed by atoms with Crippen LogP contribution in [0.25, 0.3) is 0 Å². The Labute approximate surface area is 253 Å². The van der Waals surface area contributed by atoms with Gasteiger partial charge in [0.15, 0.2) is 5.00 Å². The number of aryl methyl sites for hydroxylation is 1. The maximum absolute atomic E-state index is 10.7. The van der Waals surface area contributed by atoms with Gasteiger partial charge in [0.25, 0.3) is 0 Å². The van der Waals surface area contributed by atoms with Gasteiger partial charge in [-0.2, -0.15) is 27.4 Å². The van der Waals surface area contributed by atoms with Gasteiger partial charge in [0.1, 0.15) is 17.0 Å². The molecule has 0 aliphatic carbocycles. The molecule has 0 bridgehead atoms. The fourth-order valence-electron chi connectivity index (χ4n) is 3.39. The lowest BCUT2D eigenvalue weighted by Gasteiger charge is -2.25. The first-order valence-corrected chi connectivity index (χ1v) is 16.1. The van der Waals surface area contributed by atoms with Crippen LogP contribution in [0.2, 0.25) is 0 Å². The second-order valence-corrected chi connectivity index (χ2v) is 11.6. The van der Waals surface area contributed by atoms with E-state index in [-0.39, 0.29) is 52.9 Å². The molecule has 236 valence electrons. The zero-order valence-corrected chi connectivity index (χ0v) is 25.8. The van der Waals surface area contributed by atoms with E-state index in [4.69, 9.17) is 23.3 Å². The van der Waals surface area contributed by atoms with E-state index in [1.807, 2.05) is 30.0 Å². The summed E-state index contributed by atoms with van der Waals surface area (Å²) in [5.41, 5.74) is 3.01. The number of anilines is 1. The second kappa shape index (κ2) is 17.9. The van der Waals surface area contributed by atoms with Crippen molar-refractivity contribution in [2.24, 2.45) is 10.2 Å². The number of azo groups is 1. The minimum atomic E-state index is -4.55. The Balaban J connectivity index is 2.00. The largest absolute Gasteiger partial charge is 0.397 e. The maximum Gasteiger partial charge on any atom is 0.397 e. The third-order valence-electron chi connectivity index (χ3n) is 5.44. The Kier molecular flexibility index (Phi) is 15.0. The van der Waals surface area contributed by atoms with Crippen molar-refractivity contribution < 1.29 is 48.5 Å². The molecule has 0 unspecified atom stereocenters. The van der Waals surface area contributed by atoms with Gasteiger partial charge < -0.3 is 19.1 Å². The molecule has 2 aromatic rings. The first kappa shape index (κ1) is 36.1. The second-order valence-electron chi connectivity index (χ2n) is 8.45. The average molecular weight is 662 g/mol. The molecule has 43 heavy (non-hydrogen) atoms. The number of thiophene rings is 1. The minimum Gasteiger partial charge on any atom is -0.377 e. The molecular weight excluding hydrogens is 630 g/mol. The summed E-state index contributed by atoms with van der Waals surface area (Å²) in [7, 11) is -9.06. The molecule has 0 spiro atoms. The summed E-state index contributed by atoms with van der Waals surface area (Å²) in [5.74, 6) is 0. The van der Waals surface area contributed by atoms with E-state index in [0.29, 0.717) is 39.8 Å². The normalized spacial score (nSPS) is 12.0. The van der Waals surface area contributed by atoms with Crippen LogP contribution in [0.5, 0.6) is 0 Å². The van der Waals surface area contributed by atoms with E-state index >= 15 is 0 Å². The van der Waals surface area contributed by atoms with Crippen LogP contribution in [-0.2, 0) is 43.4 Å². The van der Waals surface area contributed by atoms with E-state index in [1.165, 1.54) is 0 Å². The predicted molar refractivity (Wildman–Crippen MR) is 154 cm³/mol. The van der Waals surface area contributed by atoms with E-state index in [1.54, 1.807) is 13.0 Å². The number of benzene rings is 1. The molecule has 0 saturated carbocycles. The topological polar surface area (TPSA) is 230 Å². The maximum atomic E-state index is 10.7. The van der Waals surface area contributed by atoms with Crippen molar-refractivity contribution in [1.29, 1.82) is 10.5 Å². The number of rotatable bonds is 20. The zero-order valence-electron chi connectivity index (χ0n) is 23.3. The van der Waals surface area contributed by atoms with Crippen LogP contribution in [-0.4, -0.2) is 91.9 Å². The fourth-order valence-corrected chi connectivity index (χ4v) is 4.83. The van der Waals surface area contributed by atoms with Crippen LogP contribution in [0.1, 0.15) is 21.6 Å². The minimum absolute atomic E-state index is 0.0553. The highest BCUT2D eigenvalue weighted by Gasteiger charge is 2.15. The molecule has 0 fully saturated rings. The van der Waals surface area contributed by atoms with Gasteiger partial charge in [-0.05, 0) is 43.2 Å². The molecule has 2 rings (SSSR count). The third-order valence-corrected chi connectivity index (χ3v) is 7.45. The fraction of sp³-hybridized carbons (Fsp3) is 0.500. The Hall–Kier alpha value is -3.08. The van der Waals surface area contributed by atoms with Gasteiger partial charge in [-0.3, -0.25) is 9.11 Å². The number of nitrogens with zero attached hydrogens (tertiary/aromatic N) is 5. The van der Waals surface area contributed by atoms with Crippen molar-refractivity contribution in [1.82, 2.24) is 0 Å². The SMILES string of the molecule is Cc1cc(N(CCOCCOCCOS(=O)(=O)O)CCOCCOS(=O)(=O)O)ccc1/N=N/c1sc(C#N)c(C)c1C#N. The molecule has 19 heteroatoms. The standard InChI is InChI=1S/C24H31N5O11S3/c1-18-15-20(3-4-22(18)27-28-24-21(16-25)19(2)23(17-26)41-24)29(6-8-37-11-13-39-42(30,31)32)5-7-36-9-10-38-12-14-40-43(33,34)35/h3-4,15H,5-14H2,1-2H3,(H,30,31,32)(H,33,34,35)/b28-27+. The van der Waals surface area contributed by atoms with E-state index in [0.717, 1.165) is 22.6 Å². The Morgan fingerprint density at radius 3 is 1.84 bits per heavy atom. The molecule has 1 aromatic heterocycles. The quantitative estimate of drug-likeness (QED) is 0.118. The Morgan fingerprint density at radius 1 is 0.814 bits per heavy atom. The summed E-state index contributed by atoms with van der Waals surface area (Å²) in [6.07, 6.45) is 0. The molecule has 0 atom stereocenters. The van der Waals surface area contributed by atoms with Gasteiger partial charge in [0, 0.05) is 18.8 Å². The smallest absolute Gasteiger partial charge is 0.377 e. The Bertz CT molecular complexity index is 1530. The number of nitriles is 2. The highest BCUT2D eigenvalue weighted by atomic mass is 32.3. The summed E-state index contributed by atoms with van der Waals surface area (Å²) < 4.78 is 84.0. The highest BCUT2D eigenvalue weighted by Crippen LogP contribution is 2.36. The number of hydrogen-bond donors (Lipinski definition) is 2. The van der Waals surface area contributed by atoms with E-state index in [9.17, 15) is 27.4 Å². The average Bonchev–Trinajstić information content (AvgIpc) is 3.24. The van der Waals surface area contributed by atoms with Gasteiger partial charge in [-0.25, -0.2) is 8.37 Å². The van der Waals surface area contributed by atoms with Gasteiger partial charge in [0.2, 0.25) is 0 Å². The van der Waals surface area contributed by atoms with Crippen LogP contribution < -0.4 is 4.90 Å². The van der Waals surface area contributed by atoms with Crippen molar-refractivity contribution in [2.75, 3.05) is 70.8 Å². The highest BCUT2D eigenvalue weighted by molar-refractivity contribution is 7.81. The summed E-state index contributed by atoms with van der Waals surface area (Å²) in [6.45, 7) is 4.39. The van der Waals surface area contributed by atoms with Crippen LogP contribution >= 0.6 is 11.3 Å². The first-order chi connectivity index (χ1) is 20.3. The molecular formula is C24H31N5O11S3. The van der Waals surface area contributed by atoms with Gasteiger partial charge >= 0.3 is 20.8 Å². The van der Waals surface area contributed by atoms with E-state index in [2.05, 4.69) is 24.7 Å². The molecule has 0 saturated heterocycles. The van der Waals surface area contributed by atoms with Gasteiger partial charge in [0.05, 0.1) is 64.1 Å². The van der Waals surface area contributed by atoms with Crippen molar-refractivity contribution in [3.63, 3.8) is 0 Å². The summed E-state index contributed by atoms with van der Waals surface area (Å²) in [4.78, 5) is 2.36. The van der Waals surface area contributed by atoms with E-state index < -0.39 is 20.8 Å². The summed E-state index contributed by atoms with van der Waals surface area (Å²) >= 11 is 1.09. The molecule has 0 radical (unpaired) electrons. The monoisotopic (exact) mass is 661 g/mol. The molecule has 2 N–H and O–H groups in total. The summed E-state index contributed by atoms with van der Waals surface area (Å²) in [6, 6.07) is 9.55. The molecule has 0 amide bonds. The van der Waals surface area contributed by atoms with Gasteiger partial charge in [-0.15, -0.1) is 21.6 Å². The zero-order chi connectivity index (χ0) is 31.9. The molecule has 1 aromatic carbocycles. The lowest BCUT2D eigenvalue weighted by molar-refractivity contribution is 0.0374. The number of hydrogen-bond acceptors (Lipinski definition) is 15. The van der Waals surface area contributed by atoms with Gasteiger partial charge in [-0.1, -0.05) is 0 Å². The van der Waals surface area contributed by atoms with Crippen LogP contribution in [0.15, 0.2) is 28.4 Å². The number of ether oxygens (including phenoxy) is 3. The van der Waals surface area contributed by atoms with Crippen molar-refractivity contribution >= 4 is 48.5 Å². The first-order valence-electron chi connectivity index (χ1n) is 12.5. The van der Waals surface area contributed by atoms with Crippen LogP contribution in [0, 0.1) is 36.5 Å². The lowest BCUT2D eigenvalue weighted by Crippen LogP contribution is -2.31. The van der Waals surface area contributed by atoms with Crippen molar-refractivity contribution in [3.8, 4) is 12.1 Å². The van der Waals surface area contributed by atoms with Crippen molar-refractivity contribution in [2.45, 2.75) is 13.8 Å². The van der Waals surface area contributed by atoms with Crippen LogP contribution in [0.4, 0.5) is 16.4 Å². The van der Waals surface area contributed by atoms with Crippen molar-refractivity contribution in [3.05, 3.63) is 39.8 Å². The molecule has 16 nitrogen and oxygen atoms in total. The summed E-state index contributed by atoms with van der Waals surface area (Å²) in [5, 5.41) is 27.5. The molecule has 0 aliphatic rings. The third kappa shape index (κ3) is 13.8.